The van der Waals surface area contributed by atoms with Crippen molar-refractivity contribution in [1.82, 2.24) is 10.6 Å². The van der Waals surface area contributed by atoms with E-state index in [1.807, 2.05) is 43.3 Å². The molecule has 0 saturated carbocycles. The molecule has 0 radical (unpaired) electrons. The van der Waals surface area contributed by atoms with Gasteiger partial charge < -0.3 is 15.1 Å². The van der Waals surface area contributed by atoms with Gasteiger partial charge in [0, 0.05) is 24.5 Å². The van der Waals surface area contributed by atoms with E-state index in [0.717, 1.165) is 41.8 Å². The fraction of sp³-hybridized carbons (Fsp3) is 0.312. The Morgan fingerprint density at radius 1 is 1.23 bits per heavy atom. The highest BCUT2D eigenvalue weighted by molar-refractivity contribution is 14.0. The lowest BCUT2D eigenvalue weighted by atomic mass is 10.2. The Morgan fingerprint density at radius 3 is 2.77 bits per heavy atom. The average molecular weight is 434 g/mol. The largest absolute Gasteiger partial charge is 0.469 e. The van der Waals surface area contributed by atoms with E-state index in [1.54, 1.807) is 6.26 Å². The second-order valence-corrected chi connectivity index (χ2v) is 5.02. The summed E-state index contributed by atoms with van der Waals surface area (Å²) >= 11 is 5.97. The van der Waals surface area contributed by atoms with E-state index < -0.39 is 0 Å². The van der Waals surface area contributed by atoms with E-state index in [-0.39, 0.29) is 24.0 Å². The Balaban J connectivity index is 0.00000242. The van der Waals surface area contributed by atoms with Crippen molar-refractivity contribution in [3.05, 3.63) is 59.0 Å². The number of nitrogens with zero attached hydrogens (tertiary/aromatic N) is 1. The van der Waals surface area contributed by atoms with Crippen LogP contribution in [-0.4, -0.2) is 19.0 Å². The molecule has 2 rings (SSSR count). The van der Waals surface area contributed by atoms with Gasteiger partial charge in [-0.3, -0.25) is 0 Å². The number of benzene rings is 1. The summed E-state index contributed by atoms with van der Waals surface area (Å²) in [6, 6.07) is 11.6. The van der Waals surface area contributed by atoms with Crippen LogP contribution in [0.25, 0.3) is 0 Å². The van der Waals surface area contributed by atoms with Crippen LogP contribution in [0.1, 0.15) is 18.2 Å². The average Bonchev–Trinajstić information content (AvgIpc) is 2.98. The highest BCUT2D eigenvalue weighted by atomic mass is 127. The Bertz CT molecular complexity index is 573. The molecule has 0 saturated heterocycles. The zero-order valence-corrected chi connectivity index (χ0v) is 15.6. The van der Waals surface area contributed by atoms with Gasteiger partial charge in [0.25, 0.3) is 0 Å². The molecule has 4 nitrogen and oxygen atoms in total. The van der Waals surface area contributed by atoms with Crippen molar-refractivity contribution in [1.29, 1.82) is 0 Å². The first-order valence-electron chi connectivity index (χ1n) is 7.07. The molecule has 6 heteroatoms. The molecular formula is C16H21ClIN3O. The van der Waals surface area contributed by atoms with E-state index in [4.69, 9.17) is 16.0 Å². The molecule has 1 aromatic heterocycles. The minimum absolute atomic E-state index is 0. The summed E-state index contributed by atoms with van der Waals surface area (Å²) in [7, 11) is 0. The third-order valence-corrected chi connectivity index (χ3v) is 3.13. The smallest absolute Gasteiger partial charge is 0.191 e. The van der Waals surface area contributed by atoms with Crippen molar-refractivity contribution in [2.45, 2.75) is 19.9 Å². The van der Waals surface area contributed by atoms with Gasteiger partial charge in [-0.1, -0.05) is 23.7 Å². The van der Waals surface area contributed by atoms with Crippen LogP contribution in [0.2, 0.25) is 5.02 Å². The molecule has 22 heavy (non-hydrogen) atoms. The van der Waals surface area contributed by atoms with E-state index in [9.17, 15) is 0 Å². The van der Waals surface area contributed by atoms with Gasteiger partial charge in [-0.2, -0.15) is 0 Å². The molecule has 0 atom stereocenters. The fourth-order valence-corrected chi connectivity index (χ4v) is 2.12. The Labute approximate surface area is 153 Å². The van der Waals surface area contributed by atoms with Gasteiger partial charge >= 0.3 is 0 Å². The van der Waals surface area contributed by atoms with Crippen LogP contribution >= 0.6 is 35.6 Å². The minimum Gasteiger partial charge on any atom is -0.469 e. The maximum absolute atomic E-state index is 5.97. The monoisotopic (exact) mass is 433 g/mol. The van der Waals surface area contributed by atoms with Gasteiger partial charge in [-0.25, -0.2) is 4.99 Å². The number of hydrogen-bond acceptors (Lipinski definition) is 2. The number of hydrogen-bond donors (Lipinski definition) is 2. The molecule has 2 aromatic rings. The summed E-state index contributed by atoms with van der Waals surface area (Å²) in [5.74, 6) is 1.76. The quantitative estimate of drug-likeness (QED) is 0.413. The van der Waals surface area contributed by atoms with Gasteiger partial charge in [-0.05, 0) is 36.8 Å². The minimum atomic E-state index is 0. The molecular weight excluding hydrogens is 413 g/mol. The van der Waals surface area contributed by atoms with Crippen LogP contribution in [0.5, 0.6) is 0 Å². The third-order valence-electron chi connectivity index (χ3n) is 2.90. The second kappa shape index (κ2) is 10.5. The van der Waals surface area contributed by atoms with Crippen LogP contribution in [0.3, 0.4) is 0 Å². The van der Waals surface area contributed by atoms with E-state index >= 15 is 0 Å². The first-order valence-corrected chi connectivity index (χ1v) is 7.44. The predicted molar refractivity (Wildman–Crippen MR) is 102 cm³/mol. The standard InChI is InChI=1S/C16H20ClN3O.HI/c1-2-18-16(19-9-8-15-7-4-10-21-15)20-12-13-5-3-6-14(17)11-13;/h3-7,10-11H,2,8-9,12H2,1H3,(H2,18,19,20);1H. The third kappa shape index (κ3) is 6.70. The molecule has 0 aliphatic heterocycles. The number of guanidine groups is 1. The molecule has 120 valence electrons. The molecule has 2 N–H and O–H groups in total. The van der Waals surface area contributed by atoms with Crippen molar-refractivity contribution in [2.75, 3.05) is 13.1 Å². The number of nitrogens with one attached hydrogen (secondary N) is 2. The summed E-state index contributed by atoms with van der Waals surface area (Å²) in [4.78, 5) is 4.55. The molecule has 0 aliphatic rings. The fourth-order valence-electron chi connectivity index (χ4n) is 1.91. The van der Waals surface area contributed by atoms with Crippen molar-refractivity contribution in [2.24, 2.45) is 4.99 Å². The van der Waals surface area contributed by atoms with Crippen LogP contribution < -0.4 is 10.6 Å². The van der Waals surface area contributed by atoms with Crippen molar-refractivity contribution in [3.8, 4) is 0 Å². The maximum atomic E-state index is 5.97. The summed E-state index contributed by atoms with van der Waals surface area (Å²) in [6.45, 7) is 4.23. The highest BCUT2D eigenvalue weighted by Crippen LogP contribution is 2.11. The maximum Gasteiger partial charge on any atom is 0.191 e. The molecule has 0 unspecified atom stereocenters. The van der Waals surface area contributed by atoms with E-state index in [0.29, 0.717) is 6.54 Å². The lowest BCUT2D eigenvalue weighted by Crippen LogP contribution is -2.38. The molecule has 0 bridgehead atoms. The number of aliphatic imine (C=N–C) groups is 1. The lowest BCUT2D eigenvalue weighted by Gasteiger charge is -2.10. The highest BCUT2D eigenvalue weighted by Gasteiger charge is 2.00. The summed E-state index contributed by atoms with van der Waals surface area (Å²) in [6.07, 6.45) is 2.52. The van der Waals surface area contributed by atoms with Gasteiger partial charge in [0.2, 0.25) is 0 Å². The summed E-state index contributed by atoms with van der Waals surface area (Å²) < 4.78 is 5.30. The lowest BCUT2D eigenvalue weighted by molar-refractivity contribution is 0.507. The van der Waals surface area contributed by atoms with Crippen LogP contribution in [0.4, 0.5) is 0 Å². The summed E-state index contributed by atoms with van der Waals surface area (Å²) in [5, 5.41) is 7.25. The molecule has 0 amide bonds. The molecule has 0 aliphatic carbocycles. The normalized spacial score (nSPS) is 10.9. The Morgan fingerprint density at radius 2 is 2.09 bits per heavy atom. The predicted octanol–water partition coefficient (Wildman–Crippen LogP) is 3.85. The zero-order chi connectivity index (χ0) is 14.9. The molecule has 0 fully saturated rings. The second-order valence-electron chi connectivity index (χ2n) is 4.58. The van der Waals surface area contributed by atoms with Gasteiger partial charge in [0.1, 0.15) is 5.76 Å². The number of rotatable bonds is 6. The van der Waals surface area contributed by atoms with Crippen molar-refractivity contribution < 1.29 is 4.42 Å². The van der Waals surface area contributed by atoms with Crippen molar-refractivity contribution >= 4 is 41.5 Å². The van der Waals surface area contributed by atoms with Gasteiger partial charge in [0.05, 0.1) is 12.8 Å². The first kappa shape index (κ1) is 18.8. The van der Waals surface area contributed by atoms with Gasteiger partial charge in [-0.15, -0.1) is 24.0 Å². The molecule has 1 aromatic carbocycles. The Hall–Kier alpha value is -1.21. The first-order chi connectivity index (χ1) is 10.3. The number of furan rings is 1. The van der Waals surface area contributed by atoms with E-state index in [2.05, 4.69) is 15.6 Å². The van der Waals surface area contributed by atoms with E-state index in [1.165, 1.54) is 0 Å². The van der Waals surface area contributed by atoms with Crippen LogP contribution in [-0.2, 0) is 13.0 Å². The number of halogens is 2. The SMILES string of the molecule is CCNC(=NCc1cccc(Cl)c1)NCCc1ccco1.I. The van der Waals surface area contributed by atoms with Crippen molar-refractivity contribution in [3.63, 3.8) is 0 Å². The van der Waals surface area contributed by atoms with Crippen LogP contribution in [0, 0.1) is 0 Å². The topological polar surface area (TPSA) is 49.6 Å². The molecule has 1 heterocycles. The zero-order valence-electron chi connectivity index (χ0n) is 12.5. The van der Waals surface area contributed by atoms with Crippen LogP contribution in [0.15, 0.2) is 52.1 Å². The Kier molecular flexibility index (Phi) is 9.00. The molecule has 0 spiro atoms. The summed E-state index contributed by atoms with van der Waals surface area (Å²) in [5.41, 5.74) is 1.09. The van der Waals surface area contributed by atoms with Gasteiger partial charge in [0.15, 0.2) is 5.96 Å².